The van der Waals surface area contributed by atoms with Gasteiger partial charge in [-0.05, 0) is 30.5 Å². The fraction of sp³-hybridized carbons (Fsp3) is 0.538. The van der Waals surface area contributed by atoms with Crippen LogP contribution in [-0.4, -0.2) is 12.7 Å². The lowest BCUT2D eigenvalue weighted by atomic mass is 9.90. The molecular weight excluding hydrogens is 284 g/mol. The molecule has 1 aromatic rings. The van der Waals surface area contributed by atoms with E-state index in [4.69, 9.17) is 0 Å². The van der Waals surface area contributed by atoms with Gasteiger partial charge in [0.05, 0.1) is 11.5 Å². The molecule has 1 N–H and O–H groups in total. The molecule has 0 spiro atoms. The van der Waals surface area contributed by atoms with Crippen LogP contribution in [0.3, 0.4) is 0 Å². The zero-order valence-corrected chi connectivity index (χ0v) is 10.4. The van der Waals surface area contributed by atoms with Crippen LogP contribution in [0.2, 0.25) is 0 Å². The number of alkyl halides is 6. The van der Waals surface area contributed by atoms with Crippen LogP contribution in [0.1, 0.15) is 30.0 Å². The predicted molar refractivity (Wildman–Crippen MR) is 61.0 cm³/mol. The van der Waals surface area contributed by atoms with E-state index in [9.17, 15) is 26.3 Å². The zero-order valence-electron chi connectivity index (χ0n) is 10.4. The molecule has 1 fully saturated rings. The van der Waals surface area contributed by atoms with Crippen LogP contribution in [0.4, 0.5) is 26.3 Å². The molecule has 1 nitrogen and oxygen atoms in total. The minimum atomic E-state index is -4.40. The van der Waals surface area contributed by atoms with E-state index in [1.807, 2.05) is 0 Å². The van der Waals surface area contributed by atoms with E-state index in [-0.39, 0.29) is 25.4 Å². The van der Waals surface area contributed by atoms with Gasteiger partial charge in [-0.2, -0.15) is 26.3 Å². The van der Waals surface area contributed by atoms with Gasteiger partial charge >= 0.3 is 12.4 Å². The monoisotopic (exact) mass is 297 g/mol. The normalized spacial score (nSPS) is 24.7. The topological polar surface area (TPSA) is 12.0 Å². The zero-order chi connectivity index (χ0) is 15.0. The highest BCUT2D eigenvalue weighted by Crippen LogP contribution is 2.36. The third-order valence-corrected chi connectivity index (χ3v) is 3.52. The van der Waals surface area contributed by atoms with E-state index < -0.39 is 23.8 Å². The number of hydrogen-bond donors (Lipinski definition) is 1. The van der Waals surface area contributed by atoms with Crippen molar-refractivity contribution in [1.82, 2.24) is 5.32 Å². The highest BCUT2D eigenvalue weighted by molar-refractivity contribution is 5.27. The quantitative estimate of drug-likeness (QED) is 0.762. The summed E-state index contributed by atoms with van der Waals surface area (Å²) in [7, 11) is 0. The summed E-state index contributed by atoms with van der Waals surface area (Å²) in [6.45, 7) is -0.199. The van der Waals surface area contributed by atoms with Gasteiger partial charge in [0.25, 0.3) is 0 Å². The van der Waals surface area contributed by atoms with E-state index >= 15 is 0 Å². The van der Waals surface area contributed by atoms with Gasteiger partial charge in [0.1, 0.15) is 0 Å². The lowest BCUT2D eigenvalue weighted by molar-refractivity contribution is -0.179. The van der Waals surface area contributed by atoms with E-state index in [1.165, 1.54) is 12.1 Å². The molecule has 0 saturated carbocycles. The minimum Gasteiger partial charge on any atom is -0.309 e. The summed E-state index contributed by atoms with van der Waals surface area (Å²) in [6.07, 6.45) is -8.38. The SMILES string of the molecule is FC(F)(F)c1ccc(C2CCC(C(F)(F)F)CN2)cc1. The van der Waals surface area contributed by atoms with Gasteiger partial charge in [0.2, 0.25) is 0 Å². The second-order valence-electron chi connectivity index (χ2n) is 4.90. The first-order valence-corrected chi connectivity index (χ1v) is 6.15. The maximum atomic E-state index is 12.5. The summed E-state index contributed by atoms with van der Waals surface area (Å²) in [5.41, 5.74) is -0.177. The fourth-order valence-corrected chi connectivity index (χ4v) is 2.32. The molecule has 2 unspecified atom stereocenters. The fourth-order valence-electron chi connectivity index (χ4n) is 2.32. The van der Waals surface area contributed by atoms with Crippen LogP contribution in [-0.2, 0) is 6.18 Å². The molecular formula is C13H13F6N. The summed E-state index contributed by atoms with van der Waals surface area (Å²) in [5, 5.41) is 2.75. The molecule has 0 radical (unpaired) electrons. The molecule has 0 aliphatic carbocycles. The first-order valence-electron chi connectivity index (χ1n) is 6.15. The van der Waals surface area contributed by atoms with E-state index in [2.05, 4.69) is 5.32 Å². The average molecular weight is 297 g/mol. The van der Waals surface area contributed by atoms with E-state index in [1.54, 1.807) is 0 Å². The van der Waals surface area contributed by atoms with Crippen molar-refractivity contribution in [3.8, 4) is 0 Å². The molecule has 2 atom stereocenters. The molecule has 112 valence electrons. The Morgan fingerprint density at radius 2 is 1.50 bits per heavy atom. The van der Waals surface area contributed by atoms with Crippen LogP contribution in [0.15, 0.2) is 24.3 Å². The van der Waals surface area contributed by atoms with Crippen LogP contribution in [0, 0.1) is 5.92 Å². The Morgan fingerprint density at radius 1 is 0.900 bits per heavy atom. The first kappa shape index (κ1) is 15.2. The number of hydrogen-bond acceptors (Lipinski definition) is 1. The average Bonchev–Trinajstić information content (AvgIpc) is 2.37. The van der Waals surface area contributed by atoms with Crippen LogP contribution < -0.4 is 5.32 Å². The number of rotatable bonds is 1. The maximum Gasteiger partial charge on any atom is 0.416 e. The van der Waals surface area contributed by atoms with Gasteiger partial charge in [-0.15, -0.1) is 0 Å². The van der Waals surface area contributed by atoms with Crippen molar-refractivity contribution in [3.05, 3.63) is 35.4 Å². The molecule has 7 heteroatoms. The Kier molecular flexibility index (Phi) is 4.00. The van der Waals surface area contributed by atoms with Crippen molar-refractivity contribution >= 4 is 0 Å². The van der Waals surface area contributed by atoms with Gasteiger partial charge in [0.15, 0.2) is 0 Å². The maximum absolute atomic E-state index is 12.5. The van der Waals surface area contributed by atoms with Crippen molar-refractivity contribution < 1.29 is 26.3 Å². The Balaban J connectivity index is 2.01. The lowest BCUT2D eigenvalue weighted by Crippen LogP contribution is -2.40. The highest BCUT2D eigenvalue weighted by atomic mass is 19.4. The Hall–Kier alpha value is -1.24. The predicted octanol–water partition coefficient (Wildman–Crippen LogP) is 4.31. The van der Waals surface area contributed by atoms with Gasteiger partial charge < -0.3 is 5.32 Å². The summed E-state index contributed by atoms with van der Waals surface area (Å²) in [6, 6.07) is 4.21. The lowest BCUT2D eigenvalue weighted by Gasteiger charge is -2.31. The summed E-state index contributed by atoms with van der Waals surface area (Å²) < 4.78 is 74.7. The molecule has 20 heavy (non-hydrogen) atoms. The molecule has 0 aromatic heterocycles. The van der Waals surface area contributed by atoms with Crippen LogP contribution >= 0.6 is 0 Å². The molecule has 0 bridgehead atoms. The van der Waals surface area contributed by atoms with E-state index in [0.29, 0.717) is 5.56 Å². The summed E-state index contributed by atoms with van der Waals surface area (Å²) in [5.74, 6) is -1.38. The number of nitrogens with one attached hydrogen (secondary N) is 1. The van der Waals surface area contributed by atoms with Crippen molar-refractivity contribution in [1.29, 1.82) is 0 Å². The molecule has 2 rings (SSSR count). The molecule has 1 aliphatic heterocycles. The second kappa shape index (κ2) is 5.27. The van der Waals surface area contributed by atoms with Gasteiger partial charge in [-0.1, -0.05) is 12.1 Å². The minimum absolute atomic E-state index is 0.0117. The summed E-state index contributed by atoms with van der Waals surface area (Å²) in [4.78, 5) is 0. The molecule has 1 aromatic carbocycles. The van der Waals surface area contributed by atoms with Crippen molar-refractivity contribution in [2.75, 3.05) is 6.54 Å². The second-order valence-corrected chi connectivity index (χ2v) is 4.90. The first-order chi connectivity index (χ1) is 9.18. The third kappa shape index (κ3) is 3.45. The Bertz CT molecular complexity index is 439. The smallest absolute Gasteiger partial charge is 0.309 e. The van der Waals surface area contributed by atoms with Gasteiger partial charge in [-0.3, -0.25) is 0 Å². The van der Waals surface area contributed by atoms with Crippen LogP contribution in [0.25, 0.3) is 0 Å². The standard InChI is InChI=1S/C13H13F6N/c14-12(15,16)9-3-1-8(2-4-9)11-6-5-10(7-20-11)13(17,18)19/h1-4,10-11,20H,5-7H2. The Morgan fingerprint density at radius 3 is 1.90 bits per heavy atom. The van der Waals surface area contributed by atoms with E-state index in [0.717, 1.165) is 12.1 Å². The number of benzene rings is 1. The van der Waals surface area contributed by atoms with Crippen molar-refractivity contribution in [2.24, 2.45) is 5.92 Å². The van der Waals surface area contributed by atoms with Gasteiger partial charge in [0, 0.05) is 12.6 Å². The number of halogens is 6. The number of piperidine rings is 1. The third-order valence-electron chi connectivity index (χ3n) is 3.52. The largest absolute Gasteiger partial charge is 0.416 e. The highest BCUT2D eigenvalue weighted by Gasteiger charge is 2.41. The molecule has 1 heterocycles. The molecule has 1 aliphatic rings. The van der Waals surface area contributed by atoms with Crippen molar-refractivity contribution in [3.63, 3.8) is 0 Å². The Labute approximate surface area is 112 Å². The van der Waals surface area contributed by atoms with Gasteiger partial charge in [-0.25, -0.2) is 0 Å². The van der Waals surface area contributed by atoms with Crippen LogP contribution in [0.5, 0.6) is 0 Å². The molecule has 0 amide bonds. The van der Waals surface area contributed by atoms with Crippen molar-refractivity contribution in [2.45, 2.75) is 31.2 Å². The summed E-state index contributed by atoms with van der Waals surface area (Å²) >= 11 is 0. The molecule has 1 saturated heterocycles.